The lowest BCUT2D eigenvalue weighted by Crippen LogP contribution is -2.45. The molecule has 1 aromatic carbocycles. The Labute approximate surface area is 113 Å². The lowest BCUT2D eigenvalue weighted by atomic mass is 10.2. The van der Waals surface area contributed by atoms with Gasteiger partial charge in [0.05, 0.1) is 18.5 Å². The zero-order valence-electron chi connectivity index (χ0n) is 10.9. The summed E-state index contributed by atoms with van der Waals surface area (Å²) < 4.78 is 44.5. The monoisotopic (exact) mass is 287 g/mol. The molecule has 0 N–H and O–H groups in total. The van der Waals surface area contributed by atoms with Gasteiger partial charge in [-0.05, 0) is 25.0 Å². The third-order valence-electron chi connectivity index (χ3n) is 3.18. The molecule has 1 aliphatic rings. The zero-order chi connectivity index (χ0) is 13.9. The molecule has 2 rings (SSSR count). The number of aryl methyl sites for hydroxylation is 1. The average molecular weight is 287 g/mol. The van der Waals surface area contributed by atoms with Gasteiger partial charge in [0, 0.05) is 13.1 Å². The van der Waals surface area contributed by atoms with E-state index in [2.05, 4.69) is 0 Å². The summed E-state index contributed by atoms with van der Waals surface area (Å²) in [6, 6.07) is 6.27. The average Bonchev–Trinajstić information content (AvgIpc) is 2.38. The number of halogens is 1. The number of ether oxygens (including phenoxy) is 1. The van der Waals surface area contributed by atoms with Crippen LogP contribution in [0.4, 0.5) is 4.39 Å². The minimum atomic E-state index is -3.34. The maximum atomic E-state index is 13.4. The molecule has 0 aromatic heterocycles. The topological polar surface area (TPSA) is 46.6 Å². The molecular formula is C13H18FNO3S. The van der Waals surface area contributed by atoms with Gasteiger partial charge in [0.1, 0.15) is 5.82 Å². The number of benzene rings is 1. The number of hydrogen-bond acceptors (Lipinski definition) is 3. The van der Waals surface area contributed by atoms with Gasteiger partial charge < -0.3 is 4.74 Å². The van der Waals surface area contributed by atoms with Crippen molar-refractivity contribution in [1.82, 2.24) is 4.31 Å². The molecular weight excluding hydrogens is 269 g/mol. The Morgan fingerprint density at radius 3 is 2.84 bits per heavy atom. The number of sulfonamides is 1. The van der Waals surface area contributed by atoms with Crippen LogP contribution in [0.15, 0.2) is 24.3 Å². The fourth-order valence-corrected chi connectivity index (χ4v) is 3.63. The van der Waals surface area contributed by atoms with E-state index in [1.807, 2.05) is 6.92 Å². The van der Waals surface area contributed by atoms with Crippen molar-refractivity contribution >= 4 is 10.0 Å². The van der Waals surface area contributed by atoms with E-state index in [0.29, 0.717) is 25.3 Å². The molecule has 1 fully saturated rings. The van der Waals surface area contributed by atoms with Crippen LogP contribution in [-0.2, 0) is 21.2 Å². The summed E-state index contributed by atoms with van der Waals surface area (Å²) in [5.41, 5.74) is 0.437. The summed E-state index contributed by atoms with van der Waals surface area (Å²) in [5, 5.41) is 0. The Morgan fingerprint density at radius 2 is 2.16 bits per heavy atom. The van der Waals surface area contributed by atoms with Gasteiger partial charge >= 0.3 is 0 Å². The van der Waals surface area contributed by atoms with E-state index in [4.69, 9.17) is 4.74 Å². The molecule has 1 aromatic rings. The van der Waals surface area contributed by atoms with Crippen LogP contribution >= 0.6 is 0 Å². The molecule has 1 aliphatic heterocycles. The number of morpholine rings is 1. The number of hydrogen-bond donors (Lipinski definition) is 0. The van der Waals surface area contributed by atoms with Crippen molar-refractivity contribution in [2.75, 3.05) is 25.4 Å². The molecule has 0 saturated carbocycles. The van der Waals surface area contributed by atoms with Gasteiger partial charge in [-0.2, -0.15) is 4.31 Å². The molecule has 1 unspecified atom stereocenters. The molecule has 0 aliphatic carbocycles. The van der Waals surface area contributed by atoms with Crippen molar-refractivity contribution < 1.29 is 17.5 Å². The Bertz CT molecular complexity index is 532. The molecule has 0 bridgehead atoms. The van der Waals surface area contributed by atoms with Gasteiger partial charge in [-0.25, -0.2) is 12.8 Å². The summed E-state index contributed by atoms with van der Waals surface area (Å²) in [6.07, 6.45) is 0.109. The van der Waals surface area contributed by atoms with Gasteiger partial charge in [0.25, 0.3) is 0 Å². The second-order valence-electron chi connectivity index (χ2n) is 4.70. The standard InChI is InChI=1S/C13H18FNO3S/c1-11-10-15(7-8-18-11)19(16,17)9-6-12-4-2-3-5-13(12)14/h2-5,11H,6-10H2,1H3. The van der Waals surface area contributed by atoms with Crippen LogP contribution in [0.1, 0.15) is 12.5 Å². The van der Waals surface area contributed by atoms with Gasteiger partial charge in [0.15, 0.2) is 0 Å². The van der Waals surface area contributed by atoms with Crippen molar-refractivity contribution in [3.8, 4) is 0 Å². The first-order chi connectivity index (χ1) is 8.99. The molecule has 4 nitrogen and oxygen atoms in total. The van der Waals surface area contributed by atoms with Crippen molar-refractivity contribution in [2.24, 2.45) is 0 Å². The second kappa shape index (κ2) is 5.98. The molecule has 0 amide bonds. The lowest BCUT2D eigenvalue weighted by molar-refractivity contribution is 0.0102. The first kappa shape index (κ1) is 14.4. The molecule has 1 heterocycles. The van der Waals surface area contributed by atoms with E-state index in [9.17, 15) is 12.8 Å². The smallest absolute Gasteiger partial charge is 0.214 e. The van der Waals surface area contributed by atoms with Crippen LogP contribution in [0.25, 0.3) is 0 Å². The fraction of sp³-hybridized carbons (Fsp3) is 0.538. The first-order valence-electron chi connectivity index (χ1n) is 6.32. The zero-order valence-corrected chi connectivity index (χ0v) is 11.7. The highest BCUT2D eigenvalue weighted by Crippen LogP contribution is 2.13. The normalized spacial score (nSPS) is 21.5. The minimum Gasteiger partial charge on any atom is -0.376 e. The molecule has 106 valence electrons. The van der Waals surface area contributed by atoms with Crippen LogP contribution in [0.5, 0.6) is 0 Å². The van der Waals surface area contributed by atoms with Gasteiger partial charge in [0.2, 0.25) is 10.0 Å². The molecule has 1 saturated heterocycles. The highest BCUT2D eigenvalue weighted by Gasteiger charge is 2.27. The van der Waals surface area contributed by atoms with E-state index in [-0.39, 0.29) is 24.1 Å². The van der Waals surface area contributed by atoms with Crippen LogP contribution < -0.4 is 0 Å². The van der Waals surface area contributed by atoms with E-state index in [0.717, 1.165) is 0 Å². The van der Waals surface area contributed by atoms with Crippen molar-refractivity contribution in [3.05, 3.63) is 35.6 Å². The highest BCUT2D eigenvalue weighted by molar-refractivity contribution is 7.89. The molecule has 19 heavy (non-hydrogen) atoms. The molecule has 6 heteroatoms. The Kier molecular flexibility index (Phi) is 4.54. The van der Waals surface area contributed by atoms with E-state index in [1.165, 1.54) is 10.4 Å². The summed E-state index contributed by atoms with van der Waals surface area (Å²) in [6.45, 7) is 3.02. The Hall–Kier alpha value is -0.980. The van der Waals surface area contributed by atoms with Gasteiger partial charge in [-0.15, -0.1) is 0 Å². The van der Waals surface area contributed by atoms with Crippen LogP contribution in [0.2, 0.25) is 0 Å². The highest BCUT2D eigenvalue weighted by atomic mass is 32.2. The van der Waals surface area contributed by atoms with E-state index >= 15 is 0 Å². The van der Waals surface area contributed by atoms with Crippen molar-refractivity contribution in [1.29, 1.82) is 0 Å². The van der Waals surface area contributed by atoms with E-state index in [1.54, 1.807) is 18.2 Å². The number of rotatable bonds is 4. The summed E-state index contributed by atoms with van der Waals surface area (Å²) >= 11 is 0. The predicted molar refractivity (Wildman–Crippen MR) is 70.9 cm³/mol. The predicted octanol–water partition coefficient (Wildman–Crippen LogP) is 1.42. The number of nitrogens with zero attached hydrogens (tertiary/aromatic N) is 1. The Balaban J connectivity index is 2.00. The Morgan fingerprint density at radius 1 is 1.42 bits per heavy atom. The van der Waals surface area contributed by atoms with Crippen LogP contribution in [0.3, 0.4) is 0 Å². The fourth-order valence-electron chi connectivity index (χ4n) is 2.11. The SMILES string of the molecule is CC1CN(S(=O)(=O)CCc2ccccc2F)CCO1. The quantitative estimate of drug-likeness (QED) is 0.841. The van der Waals surface area contributed by atoms with Crippen LogP contribution in [-0.4, -0.2) is 44.3 Å². The second-order valence-corrected chi connectivity index (χ2v) is 6.79. The van der Waals surface area contributed by atoms with Crippen molar-refractivity contribution in [3.63, 3.8) is 0 Å². The maximum absolute atomic E-state index is 13.4. The minimum absolute atomic E-state index is 0.0688. The van der Waals surface area contributed by atoms with Crippen LogP contribution in [0, 0.1) is 5.82 Å². The summed E-state index contributed by atoms with van der Waals surface area (Å²) in [7, 11) is -3.34. The largest absolute Gasteiger partial charge is 0.376 e. The maximum Gasteiger partial charge on any atom is 0.214 e. The van der Waals surface area contributed by atoms with E-state index < -0.39 is 10.0 Å². The van der Waals surface area contributed by atoms with Crippen molar-refractivity contribution in [2.45, 2.75) is 19.4 Å². The molecule has 0 spiro atoms. The third kappa shape index (κ3) is 3.75. The van der Waals surface area contributed by atoms with Gasteiger partial charge in [-0.3, -0.25) is 0 Å². The van der Waals surface area contributed by atoms with Gasteiger partial charge in [-0.1, -0.05) is 18.2 Å². The molecule has 1 atom stereocenters. The molecule has 0 radical (unpaired) electrons. The first-order valence-corrected chi connectivity index (χ1v) is 7.93. The summed E-state index contributed by atoms with van der Waals surface area (Å²) in [4.78, 5) is 0. The lowest BCUT2D eigenvalue weighted by Gasteiger charge is -2.30. The third-order valence-corrected chi connectivity index (χ3v) is 5.02. The summed E-state index contributed by atoms with van der Waals surface area (Å²) in [5.74, 6) is -0.422.